The number of rotatable bonds is 8. The number of ether oxygens (including phenoxy) is 1. The number of carbonyl (C=O) groups is 3. The molecule has 0 rings (SSSR count). The lowest BCUT2D eigenvalue weighted by Crippen LogP contribution is -2.41. The van der Waals surface area contributed by atoms with Gasteiger partial charge in [-0.1, -0.05) is 0 Å². The van der Waals surface area contributed by atoms with Gasteiger partial charge in [0.15, 0.2) is 0 Å². The highest BCUT2D eigenvalue weighted by Crippen LogP contribution is 1.94. The lowest BCUT2D eigenvalue weighted by atomic mass is 10.1. The Morgan fingerprint density at radius 3 is 2.44 bits per heavy atom. The van der Waals surface area contributed by atoms with E-state index < -0.39 is 6.04 Å². The first kappa shape index (κ1) is 16.4. The van der Waals surface area contributed by atoms with Crippen molar-refractivity contribution in [1.29, 1.82) is 0 Å². The molecule has 0 saturated heterocycles. The molecule has 0 spiro atoms. The highest BCUT2D eigenvalue weighted by Gasteiger charge is 2.12. The predicted octanol–water partition coefficient (Wildman–Crippen LogP) is -1.09. The Kier molecular flexibility index (Phi) is 8.55. The zero-order valence-electron chi connectivity index (χ0n) is 10.8. The summed E-state index contributed by atoms with van der Waals surface area (Å²) in [5.74, 6) is -0.789. The quantitative estimate of drug-likeness (QED) is 0.379. The van der Waals surface area contributed by atoms with Crippen LogP contribution in [0.2, 0.25) is 0 Å². The maximum absolute atomic E-state index is 11.5. The van der Waals surface area contributed by atoms with Crippen LogP contribution in [0.5, 0.6) is 0 Å². The van der Waals surface area contributed by atoms with E-state index in [1.807, 2.05) is 0 Å². The molecule has 0 aliphatic heterocycles. The van der Waals surface area contributed by atoms with E-state index in [0.29, 0.717) is 19.4 Å². The van der Waals surface area contributed by atoms with Crippen molar-refractivity contribution < 1.29 is 19.1 Å². The summed E-state index contributed by atoms with van der Waals surface area (Å²) in [4.78, 5) is 32.8. The lowest BCUT2D eigenvalue weighted by molar-refractivity contribution is -0.140. The van der Waals surface area contributed by atoms with Crippen molar-refractivity contribution in [2.45, 2.75) is 32.2 Å². The van der Waals surface area contributed by atoms with E-state index in [9.17, 15) is 14.4 Å². The molecule has 0 bridgehead atoms. The Hall–Kier alpha value is -1.63. The summed E-state index contributed by atoms with van der Waals surface area (Å²) in [7, 11) is 1.29. The van der Waals surface area contributed by atoms with Gasteiger partial charge in [-0.25, -0.2) is 0 Å². The van der Waals surface area contributed by atoms with Crippen LogP contribution < -0.4 is 16.4 Å². The Morgan fingerprint density at radius 1 is 1.22 bits per heavy atom. The molecule has 0 aromatic rings. The van der Waals surface area contributed by atoms with E-state index in [1.54, 1.807) is 0 Å². The van der Waals surface area contributed by atoms with Crippen LogP contribution in [0, 0.1) is 0 Å². The van der Waals surface area contributed by atoms with E-state index >= 15 is 0 Å². The average Bonchev–Trinajstić information content (AvgIpc) is 2.33. The second kappa shape index (κ2) is 9.41. The second-order valence-electron chi connectivity index (χ2n) is 3.85. The van der Waals surface area contributed by atoms with Crippen molar-refractivity contribution in [3.8, 4) is 0 Å². The third-order valence-electron chi connectivity index (χ3n) is 2.26. The van der Waals surface area contributed by atoms with Gasteiger partial charge in [0.2, 0.25) is 11.8 Å². The fourth-order valence-electron chi connectivity index (χ4n) is 1.24. The molecule has 0 radical (unpaired) electrons. The van der Waals surface area contributed by atoms with Gasteiger partial charge in [0.25, 0.3) is 0 Å². The van der Waals surface area contributed by atoms with Crippen molar-refractivity contribution in [2.75, 3.05) is 20.2 Å². The van der Waals surface area contributed by atoms with Crippen molar-refractivity contribution >= 4 is 17.8 Å². The topological polar surface area (TPSA) is 111 Å². The predicted molar refractivity (Wildman–Crippen MR) is 65.5 cm³/mol. The molecule has 0 aliphatic rings. The number of hydrogen-bond donors (Lipinski definition) is 3. The van der Waals surface area contributed by atoms with E-state index in [0.717, 1.165) is 0 Å². The van der Waals surface area contributed by atoms with E-state index in [2.05, 4.69) is 15.4 Å². The molecule has 7 heteroatoms. The molecular formula is C11H21N3O4. The molecule has 0 aromatic carbocycles. The van der Waals surface area contributed by atoms with Crippen LogP contribution in [0.15, 0.2) is 0 Å². The molecule has 4 N–H and O–H groups in total. The Morgan fingerprint density at radius 2 is 1.89 bits per heavy atom. The first-order chi connectivity index (χ1) is 8.47. The largest absolute Gasteiger partial charge is 0.469 e. The Balaban J connectivity index is 3.63. The molecule has 1 atom stereocenters. The molecule has 0 unspecified atom stereocenters. The standard InChI is InChI=1S/C11H21N3O4/c1-8(15)13-6-3-4-9(12)11(17)14-7-5-10(16)18-2/h9H,3-7,12H2,1-2H3,(H,13,15)(H,14,17)/t9-/m0/s1. The number of hydrogen-bond acceptors (Lipinski definition) is 5. The van der Waals surface area contributed by atoms with Crippen LogP contribution in [-0.4, -0.2) is 44.0 Å². The van der Waals surface area contributed by atoms with Gasteiger partial charge in [-0.05, 0) is 12.8 Å². The SMILES string of the molecule is COC(=O)CCNC(=O)[C@@H](N)CCCNC(C)=O. The van der Waals surface area contributed by atoms with Crippen LogP contribution in [0.4, 0.5) is 0 Å². The van der Waals surface area contributed by atoms with Gasteiger partial charge in [-0.15, -0.1) is 0 Å². The molecule has 0 saturated carbocycles. The first-order valence-corrected chi connectivity index (χ1v) is 5.82. The van der Waals surface area contributed by atoms with Crippen molar-refractivity contribution in [3.63, 3.8) is 0 Å². The molecule has 2 amide bonds. The first-order valence-electron chi connectivity index (χ1n) is 5.82. The summed E-state index contributed by atoms with van der Waals surface area (Å²) in [5, 5.41) is 5.16. The van der Waals surface area contributed by atoms with Crippen LogP contribution >= 0.6 is 0 Å². The zero-order valence-corrected chi connectivity index (χ0v) is 10.8. The number of nitrogens with one attached hydrogen (secondary N) is 2. The van der Waals surface area contributed by atoms with E-state index in [1.165, 1.54) is 14.0 Å². The minimum Gasteiger partial charge on any atom is -0.469 e. The molecule has 104 valence electrons. The van der Waals surface area contributed by atoms with Crippen molar-refractivity contribution in [1.82, 2.24) is 10.6 Å². The summed E-state index contributed by atoms with van der Waals surface area (Å²) < 4.78 is 4.43. The Labute approximate surface area is 106 Å². The summed E-state index contributed by atoms with van der Waals surface area (Å²) in [6.45, 7) is 2.14. The number of methoxy groups -OCH3 is 1. The second-order valence-corrected chi connectivity index (χ2v) is 3.85. The fourth-order valence-corrected chi connectivity index (χ4v) is 1.24. The van der Waals surface area contributed by atoms with Crippen LogP contribution in [-0.2, 0) is 19.1 Å². The van der Waals surface area contributed by atoms with Crippen molar-refractivity contribution in [3.05, 3.63) is 0 Å². The Bertz CT molecular complexity index is 294. The van der Waals surface area contributed by atoms with Crippen LogP contribution in [0.1, 0.15) is 26.2 Å². The summed E-state index contributed by atoms with van der Waals surface area (Å²) >= 11 is 0. The fraction of sp³-hybridized carbons (Fsp3) is 0.727. The van der Waals surface area contributed by atoms with Gasteiger partial charge in [0, 0.05) is 20.0 Å². The van der Waals surface area contributed by atoms with Gasteiger partial charge < -0.3 is 21.1 Å². The molecule has 0 aromatic heterocycles. The molecule has 0 aliphatic carbocycles. The minimum atomic E-state index is -0.628. The zero-order chi connectivity index (χ0) is 14.0. The third kappa shape index (κ3) is 8.51. The molecular weight excluding hydrogens is 238 g/mol. The highest BCUT2D eigenvalue weighted by atomic mass is 16.5. The minimum absolute atomic E-state index is 0.105. The van der Waals surface area contributed by atoms with Gasteiger partial charge in [-0.3, -0.25) is 14.4 Å². The van der Waals surface area contributed by atoms with Gasteiger partial charge in [0.05, 0.1) is 19.6 Å². The highest BCUT2D eigenvalue weighted by molar-refractivity contribution is 5.82. The summed E-state index contributed by atoms with van der Waals surface area (Å²) in [5.41, 5.74) is 5.64. The number of amides is 2. The van der Waals surface area contributed by atoms with Gasteiger partial charge >= 0.3 is 5.97 Å². The van der Waals surface area contributed by atoms with Crippen LogP contribution in [0.3, 0.4) is 0 Å². The normalized spacial score (nSPS) is 11.5. The number of carbonyl (C=O) groups excluding carboxylic acids is 3. The maximum Gasteiger partial charge on any atom is 0.307 e. The lowest BCUT2D eigenvalue weighted by Gasteiger charge is -2.11. The molecule has 7 nitrogen and oxygen atoms in total. The summed E-state index contributed by atoms with van der Waals surface area (Å²) in [6, 6.07) is -0.628. The average molecular weight is 259 g/mol. The third-order valence-corrected chi connectivity index (χ3v) is 2.26. The smallest absolute Gasteiger partial charge is 0.307 e. The molecule has 18 heavy (non-hydrogen) atoms. The maximum atomic E-state index is 11.5. The molecule has 0 heterocycles. The number of esters is 1. The van der Waals surface area contributed by atoms with E-state index in [4.69, 9.17) is 5.73 Å². The molecule has 0 fully saturated rings. The van der Waals surface area contributed by atoms with Gasteiger partial charge in [0.1, 0.15) is 0 Å². The number of nitrogens with two attached hydrogens (primary N) is 1. The van der Waals surface area contributed by atoms with Crippen LogP contribution in [0.25, 0.3) is 0 Å². The monoisotopic (exact) mass is 259 g/mol. The summed E-state index contributed by atoms with van der Waals surface area (Å²) in [6.07, 6.45) is 1.23. The van der Waals surface area contributed by atoms with E-state index in [-0.39, 0.29) is 30.7 Å². The van der Waals surface area contributed by atoms with Gasteiger partial charge in [-0.2, -0.15) is 0 Å². The van der Waals surface area contributed by atoms with Crippen molar-refractivity contribution in [2.24, 2.45) is 5.73 Å².